The number of hydrogen-bond acceptors (Lipinski definition) is 3. The number of imide groups is 1. The van der Waals surface area contributed by atoms with Crippen LogP contribution in [-0.4, -0.2) is 26.9 Å². The van der Waals surface area contributed by atoms with Crippen LogP contribution in [0.1, 0.15) is 31.7 Å². The summed E-state index contributed by atoms with van der Waals surface area (Å²) in [5.74, 6) is 0.456. The Morgan fingerprint density at radius 1 is 1.33 bits per heavy atom. The zero-order valence-electron chi connectivity index (χ0n) is 10.4. The van der Waals surface area contributed by atoms with E-state index < -0.39 is 0 Å². The highest BCUT2D eigenvalue weighted by atomic mass is 16.2. The maximum absolute atomic E-state index is 12.3. The van der Waals surface area contributed by atoms with E-state index in [1.807, 2.05) is 0 Å². The van der Waals surface area contributed by atoms with Crippen molar-refractivity contribution < 1.29 is 9.59 Å². The van der Waals surface area contributed by atoms with Crippen molar-refractivity contribution in [2.24, 2.45) is 17.8 Å². The van der Waals surface area contributed by atoms with E-state index in [0.29, 0.717) is 12.5 Å². The molecule has 1 aromatic rings. The summed E-state index contributed by atoms with van der Waals surface area (Å²) < 4.78 is 0. The summed E-state index contributed by atoms with van der Waals surface area (Å²) in [5.41, 5.74) is 0.878. The van der Waals surface area contributed by atoms with Gasteiger partial charge >= 0.3 is 0 Å². The lowest BCUT2D eigenvalue weighted by Crippen LogP contribution is -2.31. The van der Waals surface area contributed by atoms with Gasteiger partial charge in [-0.05, 0) is 18.8 Å². The molecule has 2 unspecified atom stereocenters. The predicted molar refractivity (Wildman–Crippen MR) is 64.1 cm³/mol. The number of H-pyrrole nitrogens is 1. The number of aromatic nitrogens is 2. The fourth-order valence-corrected chi connectivity index (χ4v) is 3.23. The van der Waals surface area contributed by atoms with Crippen molar-refractivity contribution in [2.75, 3.05) is 0 Å². The summed E-state index contributed by atoms with van der Waals surface area (Å²) in [7, 11) is 0. The van der Waals surface area contributed by atoms with Crippen molar-refractivity contribution in [1.29, 1.82) is 0 Å². The number of likely N-dealkylation sites (tertiary alicyclic amines) is 1. The Bertz CT molecular complexity index is 445. The van der Waals surface area contributed by atoms with Gasteiger partial charge in [-0.1, -0.05) is 13.3 Å². The highest BCUT2D eigenvalue weighted by Crippen LogP contribution is 2.44. The molecule has 18 heavy (non-hydrogen) atoms. The predicted octanol–water partition coefficient (Wildman–Crippen LogP) is 1.33. The third kappa shape index (κ3) is 1.65. The molecule has 3 rings (SSSR count). The number of nitrogens with one attached hydrogen (secondary N) is 1. The van der Waals surface area contributed by atoms with Crippen LogP contribution in [-0.2, 0) is 16.1 Å². The van der Waals surface area contributed by atoms with Crippen LogP contribution in [0.15, 0.2) is 12.4 Å². The fraction of sp³-hybridized carbons (Fsp3) is 0.615. The number of carbonyl (C=O) groups excluding carboxylic acids is 2. The van der Waals surface area contributed by atoms with Crippen molar-refractivity contribution in [3.63, 3.8) is 0 Å². The topological polar surface area (TPSA) is 66.1 Å². The molecule has 5 nitrogen and oxygen atoms in total. The van der Waals surface area contributed by atoms with E-state index in [1.54, 1.807) is 12.4 Å². The van der Waals surface area contributed by atoms with E-state index in [9.17, 15) is 9.59 Å². The number of aromatic amines is 1. The Labute approximate surface area is 106 Å². The summed E-state index contributed by atoms with van der Waals surface area (Å²) in [4.78, 5) is 25.9. The molecule has 1 aliphatic heterocycles. The fourth-order valence-electron chi connectivity index (χ4n) is 3.23. The molecule has 1 saturated carbocycles. The summed E-state index contributed by atoms with van der Waals surface area (Å²) >= 11 is 0. The lowest BCUT2D eigenvalue weighted by molar-refractivity contribution is -0.141. The lowest BCUT2D eigenvalue weighted by Gasteiger charge is -2.16. The third-order valence-electron chi connectivity index (χ3n) is 4.30. The minimum atomic E-state index is -0.0608. The van der Waals surface area contributed by atoms with Crippen LogP contribution in [0.25, 0.3) is 0 Å². The third-order valence-corrected chi connectivity index (χ3v) is 4.30. The van der Waals surface area contributed by atoms with Gasteiger partial charge in [0, 0.05) is 11.8 Å². The van der Waals surface area contributed by atoms with Gasteiger partial charge in [-0.3, -0.25) is 19.6 Å². The van der Waals surface area contributed by atoms with Crippen molar-refractivity contribution in [2.45, 2.75) is 32.7 Å². The van der Waals surface area contributed by atoms with Crippen LogP contribution in [0.5, 0.6) is 0 Å². The van der Waals surface area contributed by atoms with Gasteiger partial charge in [0.15, 0.2) is 0 Å². The Morgan fingerprint density at radius 2 is 2.00 bits per heavy atom. The number of nitrogens with zero attached hydrogens (tertiary/aromatic N) is 2. The minimum Gasteiger partial charge on any atom is -0.285 e. The molecule has 1 N–H and O–H groups in total. The molecule has 2 atom stereocenters. The number of fused-ring (bicyclic) bond motifs is 1. The lowest BCUT2D eigenvalue weighted by atomic mass is 10.00. The molecule has 0 radical (unpaired) electrons. The Morgan fingerprint density at radius 3 is 2.50 bits per heavy atom. The Hall–Kier alpha value is -1.65. The van der Waals surface area contributed by atoms with Gasteiger partial charge in [0.25, 0.3) is 0 Å². The molecule has 2 aliphatic rings. The molecule has 1 aliphatic carbocycles. The maximum atomic E-state index is 12.3. The quantitative estimate of drug-likeness (QED) is 0.819. The summed E-state index contributed by atoms with van der Waals surface area (Å²) in [5, 5.41) is 6.54. The second-order valence-corrected chi connectivity index (χ2v) is 5.33. The smallest absolute Gasteiger partial charge is 0.233 e. The van der Waals surface area contributed by atoms with E-state index in [0.717, 1.165) is 24.8 Å². The van der Waals surface area contributed by atoms with E-state index in [2.05, 4.69) is 17.1 Å². The molecule has 2 amide bonds. The van der Waals surface area contributed by atoms with Gasteiger partial charge in [0.1, 0.15) is 0 Å². The largest absolute Gasteiger partial charge is 0.285 e. The van der Waals surface area contributed by atoms with Crippen LogP contribution in [0.3, 0.4) is 0 Å². The van der Waals surface area contributed by atoms with E-state index in [1.165, 1.54) is 4.90 Å². The molecular formula is C13H17N3O2. The average Bonchev–Trinajstić information content (AvgIpc) is 3.06. The molecule has 1 aromatic heterocycles. The molecule has 2 heterocycles. The zero-order chi connectivity index (χ0) is 12.7. The second-order valence-electron chi connectivity index (χ2n) is 5.33. The highest BCUT2D eigenvalue weighted by Gasteiger charge is 2.51. The minimum absolute atomic E-state index is 0.0159. The Kier molecular flexibility index (Phi) is 2.69. The van der Waals surface area contributed by atoms with Crippen LogP contribution < -0.4 is 0 Å². The van der Waals surface area contributed by atoms with E-state index in [4.69, 9.17) is 0 Å². The standard InChI is InChI=1S/C13H17N3O2/c1-2-8-3-10-11(4-8)13(18)16(12(10)17)7-9-5-14-15-6-9/h5-6,8,10-11H,2-4,7H2,1H3,(H,14,15). The van der Waals surface area contributed by atoms with Crippen molar-refractivity contribution in [3.8, 4) is 0 Å². The maximum Gasteiger partial charge on any atom is 0.233 e. The Balaban J connectivity index is 1.76. The van der Waals surface area contributed by atoms with Gasteiger partial charge in [0.05, 0.1) is 24.6 Å². The van der Waals surface area contributed by atoms with Crippen LogP contribution in [0.2, 0.25) is 0 Å². The van der Waals surface area contributed by atoms with Gasteiger partial charge in [-0.15, -0.1) is 0 Å². The summed E-state index contributed by atoms with van der Waals surface area (Å²) in [6.07, 6.45) is 6.21. The summed E-state index contributed by atoms with van der Waals surface area (Å²) in [6, 6.07) is 0. The zero-order valence-corrected chi connectivity index (χ0v) is 10.4. The van der Waals surface area contributed by atoms with Crippen molar-refractivity contribution in [3.05, 3.63) is 18.0 Å². The first-order valence-corrected chi connectivity index (χ1v) is 6.53. The van der Waals surface area contributed by atoms with Gasteiger partial charge in [-0.2, -0.15) is 5.10 Å². The van der Waals surface area contributed by atoms with Crippen LogP contribution in [0.4, 0.5) is 0 Å². The molecule has 0 bridgehead atoms. The molecule has 96 valence electrons. The first-order chi connectivity index (χ1) is 8.70. The van der Waals surface area contributed by atoms with E-state index in [-0.39, 0.29) is 23.7 Å². The number of hydrogen-bond donors (Lipinski definition) is 1. The van der Waals surface area contributed by atoms with Crippen molar-refractivity contribution in [1.82, 2.24) is 15.1 Å². The average molecular weight is 247 g/mol. The molecule has 2 fully saturated rings. The van der Waals surface area contributed by atoms with Crippen molar-refractivity contribution >= 4 is 11.8 Å². The van der Waals surface area contributed by atoms with Crippen LogP contribution >= 0.6 is 0 Å². The molecule has 1 saturated heterocycles. The van der Waals surface area contributed by atoms with Crippen LogP contribution in [0, 0.1) is 17.8 Å². The SMILES string of the molecule is CCC1CC2C(=O)N(Cc3cn[nH]c3)C(=O)C2C1. The number of carbonyl (C=O) groups is 2. The first-order valence-electron chi connectivity index (χ1n) is 6.53. The van der Waals surface area contributed by atoms with Gasteiger partial charge < -0.3 is 0 Å². The summed E-state index contributed by atoms with van der Waals surface area (Å²) in [6.45, 7) is 2.49. The van der Waals surface area contributed by atoms with E-state index >= 15 is 0 Å². The first kappa shape index (κ1) is 11.4. The normalized spacial score (nSPS) is 31.2. The second kappa shape index (κ2) is 4.23. The van der Waals surface area contributed by atoms with Gasteiger partial charge in [-0.25, -0.2) is 0 Å². The molecule has 0 aromatic carbocycles. The molecular weight excluding hydrogens is 230 g/mol. The molecule has 0 spiro atoms. The van der Waals surface area contributed by atoms with Gasteiger partial charge in [0.2, 0.25) is 11.8 Å². The molecule has 5 heteroatoms. The number of amides is 2. The monoisotopic (exact) mass is 247 g/mol. The highest BCUT2D eigenvalue weighted by molar-refractivity contribution is 6.05. The number of rotatable bonds is 3.